The van der Waals surface area contributed by atoms with Gasteiger partial charge in [-0.2, -0.15) is 0 Å². The molecular weight excluding hydrogens is 394 g/mol. The van der Waals surface area contributed by atoms with Gasteiger partial charge in [-0.15, -0.1) is 0 Å². The molecule has 0 unspecified atom stereocenters. The van der Waals surface area contributed by atoms with Crippen LogP contribution in [0.4, 0.5) is 0 Å². The second-order valence-corrected chi connectivity index (χ2v) is 8.97. The second kappa shape index (κ2) is 7.23. The second-order valence-electron chi connectivity index (χ2n) is 8.97. The maximum Gasteiger partial charge on any atom is 0.231 e. The first-order valence-electron chi connectivity index (χ1n) is 11.3. The summed E-state index contributed by atoms with van der Waals surface area (Å²) in [5, 5.41) is 0. The van der Waals surface area contributed by atoms with Gasteiger partial charge in [-0.1, -0.05) is 6.07 Å². The van der Waals surface area contributed by atoms with Crippen molar-refractivity contribution in [1.82, 2.24) is 4.90 Å². The van der Waals surface area contributed by atoms with Gasteiger partial charge in [0, 0.05) is 54.6 Å². The van der Waals surface area contributed by atoms with Crippen LogP contribution in [0.15, 0.2) is 30.3 Å². The number of likely N-dealkylation sites (tertiary alicyclic amines) is 1. The summed E-state index contributed by atoms with van der Waals surface area (Å²) in [5.74, 6) is 4.65. The van der Waals surface area contributed by atoms with E-state index in [0.29, 0.717) is 5.92 Å². The largest absolute Gasteiger partial charge is 0.497 e. The SMILES string of the molecule is COc1ccc([C@H]2c3cc4c(cc3O[C@]3(N5CCCC5)CCC[C@H]23)OCO4)c(OC)c1. The van der Waals surface area contributed by atoms with E-state index in [-0.39, 0.29) is 18.4 Å². The molecule has 3 atom stereocenters. The van der Waals surface area contributed by atoms with Gasteiger partial charge >= 0.3 is 0 Å². The zero-order chi connectivity index (χ0) is 21.0. The Hall–Kier alpha value is -2.60. The summed E-state index contributed by atoms with van der Waals surface area (Å²) in [5.41, 5.74) is 2.07. The highest BCUT2D eigenvalue weighted by molar-refractivity contribution is 5.58. The first kappa shape index (κ1) is 19.1. The van der Waals surface area contributed by atoms with E-state index >= 15 is 0 Å². The summed E-state index contributed by atoms with van der Waals surface area (Å²) >= 11 is 0. The van der Waals surface area contributed by atoms with Crippen molar-refractivity contribution in [1.29, 1.82) is 0 Å². The molecule has 2 aromatic rings. The van der Waals surface area contributed by atoms with Gasteiger partial charge in [0.1, 0.15) is 17.2 Å². The Balaban J connectivity index is 1.55. The molecule has 1 aliphatic carbocycles. The Bertz CT molecular complexity index is 1000. The molecule has 3 aliphatic heterocycles. The minimum atomic E-state index is -0.271. The van der Waals surface area contributed by atoms with E-state index in [1.807, 2.05) is 18.2 Å². The van der Waals surface area contributed by atoms with Gasteiger partial charge in [0.25, 0.3) is 0 Å². The number of ether oxygens (including phenoxy) is 5. The highest BCUT2D eigenvalue weighted by Crippen LogP contribution is 2.59. The molecule has 3 heterocycles. The lowest BCUT2D eigenvalue weighted by molar-refractivity contribution is -0.117. The van der Waals surface area contributed by atoms with Gasteiger partial charge in [0.15, 0.2) is 17.2 Å². The Labute approximate surface area is 183 Å². The fraction of sp³-hybridized carbons (Fsp3) is 0.520. The molecule has 31 heavy (non-hydrogen) atoms. The van der Waals surface area contributed by atoms with Crippen LogP contribution in [0.1, 0.15) is 49.1 Å². The standard InChI is InChI=1S/C25H29NO5/c1-27-16-7-8-17(20(12-16)28-2)24-18-13-22-23(30-15-29-22)14-21(18)31-25(9-5-6-19(24)25)26-10-3-4-11-26/h7-8,12-14,19,24H,3-6,9-11,15H2,1-2H3/t19-,24+,25-/m1/s1. The highest BCUT2D eigenvalue weighted by atomic mass is 16.7. The molecule has 2 fully saturated rings. The van der Waals surface area contributed by atoms with Crippen LogP contribution in [0.5, 0.6) is 28.7 Å². The van der Waals surface area contributed by atoms with E-state index in [4.69, 9.17) is 23.7 Å². The summed E-state index contributed by atoms with van der Waals surface area (Å²) in [4.78, 5) is 2.60. The zero-order valence-corrected chi connectivity index (χ0v) is 18.2. The van der Waals surface area contributed by atoms with E-state index in [1.165, 1.54) is 18.4 Å². The predicted molar refractivity (Wildman–Crippen MR) is 115 cm³/mol. The molecular formula is C25H29NO5. The summed E-state index contributed by atoms with van der Waals surface area (Å²) < 4.78 is 29.7. The lowest BCUT2D eigenvalue weighted by Crippen LogP contribution is -2.58. The van der Waals surface area contributed by atoms with Gasteiger partial charge in [-0.05, 0) is 37.8 Å². The van der Waals surface area contributed by atoms with Crippen LogP contribution >= 0.6 is 0 Å². The number of fused-ring (bicyclic) bond motifs is 3. The van der Waals surface area contributed by atoms with E-state index in [9.17, 15) is 0 Å². The van der Waals surface area contributed by atoms with E-state index < -0.39 is 0 Å². The van der Waals surface area contributed by atoms with Gasteiger partial charge in [0.2, 0.25) is 6.79 Å². The van der Waals surface area contributed by atoms with Crippen LogP contribution in [0.2, 0.25) is 0 Å². The third-order valence-electron chi connectivity index (χ3n) is 7.58. The first-order valence-corrected chi connectivity index (χ1v) is 11.3. The number of hydrogen-bond donors (Lipinski definition) is 0. The number of rotatable bonds is 4. The van der Waals surface area contributed by atoms with Crippen molar-refractivity contribution < 1.29 is 23.7 Å². The van der Waals surface area contributed by atoms with Crippen LogP contribution in [0.25, 0.3) is 0 Å². The number of hydrogen-bond acceptors (Lipinski definition) is 6. The van der Waals surface area contributed by atoms with E-state index in [2.05, 4.69) is 17.0 Å². The maximum absolute atomic E-state index is 6.95. The minimum absolute atomic E-state index is 0.155. The highest BCUT2D eigenvalue weighted by Gasteiger charge is 2.57. The van der Waals surface area contributed by atoms with Crippen LogP contribution in [0, 0.1) is 5.92 Å². The van der Waals surface area contributed by atoms with Gasteiger partial charge in [-0.25, -0.2) is 0 Å². The average molecular weight is 424 g/mol. The molecule has 1 saturated carbocycles. The molecule has 0 bridgehead atoms. The summed E-state index contributed by atoms with van der Waals surface area (Å²) in [6.45, 7) is 2.46. The van der Waals surface area contributed by atoms with Crippen molar-refractivity contribution in [2.75, 3.05) is 34.1 Å². The van der Waals surface area contributed by atoms with Crippen molar-refractivity contribution in [3.63, 3.8) is 0 Å². The predicted octanol–water partition coefficient (Wildman–Crippen LogP) is 4.55. The summed E-state index contributed by atoms with van der Waals surface area (Å²) in [7, 11) is 3.43. The van der Waals surface area contributed by atoms with Crippen molar-refractivity contribution >= 4 is 0 Å². The van der Waals surface area contributed by atoms with Crippen LogP contribution in [-0.2, 0) is 0 Å². The third-order valence-corrected chi connectivity index (χ3v) is 7.58. The molecule has 0 radical (unpaired) electrons. The monoisotopic (exact) mass is 423 g/mol. The number of methoxy groups -OCH3 is 2. The van der Waals surface area contributed by atoms with E-state index in [0.717, 1.165) is 66.7 Å². The first-order chi connectivity index (χ1) is 15.2. The van der Waals surface area contributed by atoms with Crippen molar-refractivity contribution in [2.24, 2.45) is 5.92 Å². The van der Waals surface area contributed by atoms with Crippen LogP contribution in [0.3, 0.4) is 0 Å². The number of benzene rings is 2. The molecule has 0 spiro atoms. The number of nitrogens with zero attached hydrogens (tertiary/aromatic N) is 1. The molecule has 6 rings (SSSR count). The summed E-state index contributed by atoms with van der Waals surface area (Å²) in [6.07, 6.45) is 5.83. The fourth-order valence-corrected chi connectivity index (χ4v) is 6.23. The van der Waals surface area contributed by atoms with Crippen LogP contribution in [-0.4, -0.2) is 44.7 Å². The zero-order valence-electron chi connectivity index (χ0n) is 18.2. The molecule has 1 saturated heterocycles. The molecule has 0 amide bonds. The average Bonchev–Trinajstić information content (AvgIpc) is 3.56. The third kappa shape index (κ3) is 2.80. The Morgan fingerprint density at radius 1 is 0.903 bits per heavy atom. The molecule has 6 nitrogen and oxygen atoms in total. The topological polar surface area (TPSA) is 49.4 Å². The lowest BCUT2D eigenvalue weighted by atomic mass is 9.73. The quantitative estimate of drug-likeness (QED) is 0.719. The molecule has 2 aromatic carbocycles. The Kier molecular flexibility index (Phi) is 4.46. The van der Waals surface area contributed by atoms with Crippen molar-refractivity contribution in [3.05, 3.63) is 41.5 Å². The van der Waals surface area contributed by atoms with Gasteiger partial charge in [0.05, 0.1) is 14.2 Å². The molecule has 0 N–H and O–H groups in total. The summed E-state index contributed by atoms with van der Waals surface area (Å²) in [6, 6.07) is 10.3. The fourth-order valence-electron chi connectivity index (χ4n) is 6.23. The van der Waals surface area contributed by atoms with Gasteiger partial charge in [-0.3, -0.25) is 4.90 Å². The smallest absolute Gasteiger partial charge is 0.231 e. The molecule has 164 valence electrons. The minimum Gasteiger partial charge on any atom is -0.497 e. The Morgan fingerprint density at radius 2 is 1.71 bits per heavy atom. The van der Waals surface area contributed by atoms with Gasteiger partial charge < -0.3 is 23.7 Å². The van der Waals surface area contributed by atoms with Crippen molar-refractivity contribution in [3.8, 4) is 28.7 Å². The normalized spacial score (nSPS) is 28.7. The Morgan fingerprint density at radius 3 is 2.48 bits per heavy atom. The maximum atomic E-state index is 6.95. The van der Waals surface area contributed by atoms with Crippen LogP contribution < -0.4 is 23.7 Å². The van der Waals surface area contributed by atoms with E-state index in [1.54, 1.807) is 14.2 Å². The molecule has 0 aromatic heterocycles. The molecule has 4 aliphatic rings. The lowest BCUT2D eigenvalue weighted by Gasteiger charge is -2.50. The molecule has 6 heteroatoms. The van der Waals surface area contributed by atoms with Crippen molar-refractivity contribution in [2.45, 2.75) is 43.7 Å².